The van der Waals surface area contributed by atoms with Crippen LogP contribution in [0.4, 0.5) is 0 Å². The molecule has 3 unspecified atom stereocenters. The van der Waals surface area contributed by atoms with E-state index in [1.807, 2.05) is 12.1 Å². The van der Waals surface area contributed by atoms with Gasteiger partial charge in [-0.15, -0.1) is 0 Å². The van der Waals surface area contributed by atoms with Crippen molar-refractivity contribution in [3.8, 4) is 0 Å². The first-order valence-corrected chi connectivity index (χ1v) is 7.58. The normalized spacial score (nSPS) is 25.3. The average Bonchev–Trinajstić information content (AvgIpc) is 2.76. The van der Waals surface area contributed by atoms with E-state index in [0.717, 1.165) is 18.0 Å². The van der Waals surface area contributed by atoms with Gasteiger partial charge in [0.15, 0.2) is 0 Å². The van der Waals surface area contributed by atoms with Gasteiger partial charge in [-0.25, -0.2) is 0 Å². The van der Waals surface area contributed by atoms with Gasteiger partial charge in [0, 0.05) is 6.04 Å². The van der Waals surface area contributed by atoms with Crippen LogP contribution in [0.2, 0.25) is 10.0 Å². The zero-order chi connectivity index (χ0) is 13.1. The van der Waals surface area contributed by atoms with Crippen LogP contribution in [0.15, 0.2) is 18.2 Å². The number of benzene rings is 1. The Kier molecular flexibility index (Phi) is 4.94. The molecule has 0 heterocycles. The van der Waals surface area contributed by atoms with Crippen molar-refractivity contribution < 1.29 is 0 Å². The highest BCUT2D eigenvalue weighted by atomic mass is 35.5. The fraction of sp³-hybridized carbons (Fsp3) is 0.600. The number of nitrogens with one attached hydrogen (secondary N) is 1. The molecule has 0 saturated heterocycles. The van der Waals surface area contributed by atoms with Crippen molar-refractivity contribution >= 4 is 23.2 Å². The number of rotatable bonds is 4. The molecule has 3 heteroatoms. The van der Waals surface area contributed by atoms with Crippen LogP contribution in [-0.2, 0) is 0 Å². The molecule has 0 amide bonds. The molecule has 0 radical (unpaired) electrons. The molecule has 0 bridgehead atoms. The molecular formula is C15H21Cl2N. The number of hydrogen-bond donors (Lipinski definition) is 1. The van der Waals surface area contributed by atoms with E-state index in [9.17, 15) is 0 Å². The van der Waals surface area contributed by atoms with Gasteiger partial charge < -0.3 is 5.32 Å². The van der Waals surface area contributed by atoms with Gasteiger partial charge in [0.2, 0.25) is 0 Å². The monoisotopic (exact) mass is 285 g/mol. The van der Waals surface area contributed by atoms with Gasteiger partial charge in [0.25, 0.3) is 0 Å². The number of halogens is 2. The molecule has 0 aliphatic heterocycles. The third-order valence-corrected chi connectivity index (χ3v) is 4.93. The van der Waals surface area contributed by atoms with E-state index in [4.69, 9.17) is 23.2 Å². The third-order valence-electron chi connectivity index (χ3n) is 4.10. The van der Waals surface area contributed by atoms with E-state index in [1.54, 1.807) is 0 Å². The summed E-state index contributed by atoms with van der Waals surface area (Å²) in [5.41, 5.74) is 1.16. The predicted molar refractivity (Wildman–Crippen MR) is 79.4 cm³/mol. The molecular weight excluding hydrogens is 265 g/mol. The molecule has 0 aromatic heterocycles. The van der Waals surface area contributed by atoms with E-state index < -0.39 is 0 Å². The van der Waals surface area contributed by atoms with E-state index in [0.29, 0.717) is 22.0 Å². The predicted octanol–water partition coefficient (Wildman–Crippen LogP) is 5.08. The van der Waals surface area contributed by atoms with Crippen molar-refractivity contribution in [1.82, 2.24) is 5.32 Å². The first kappa shape index (κ1) is 14.2. The minimum Gasteiger partial charge on any atom is -0.310 e. The molecule has 100 valence electrons. The van der Waals surface area contributed by atoms with Crippen LogP contribution in [0.25, 0.3) is 0 Å². The molecule has 3 atom stereocenters. The van der Waals surface area contributed by atoms with Gasteiger partial charge in [-0.05, 0) is 36.4 Å². The summed E-state index contributed by atoms with van der Waals surface area (Å²) in [5.74, 6) is 1.42. The summed E-state index contributed by atoms with van der Waals surface area (Å²) in [6.07, 6.45) is 3.93. The highest BCUT2D eigenvalue weighted by Gasteiger charge is 2.32. The molecule has 1 N–H and O–H groups in total. The van der Waals surface area contributed by atoms with E-state index in [2.05, 4.69) is 25.2 Å². The Balaban J connectivity index is 2.31. The lowest BCUT2D eigenvalue weighted by atomic mass is 9.86. The third kappa shape index (κ3) is 2.84. The SMILES string of the molecule is CCNC(c1cccc(Cl)c1Cl)C1CCCC1C. The van der Waals surface area contributed by atoms with Crippen molar-refractivity contribution in [3.63, 3.8) is 0 Å². The summed E-state index contributed by atoms with van der Waals surface area (Å²) < 4.78 is 0. The minimum atomic E-state index is 0.332. The van der Waals surface area contributed by atoms with Crippen LogP contribution < -0.4 is 5.32 Å². The summed E-state index contributed by atoms with van der Waals surface area (Å²) in [5, 5.41) is 4.96. The molecule has 1 aliphatic carbocycles. The molecule has 18 heavy (non-hydrogen) atoms. The maximum Gasteiger partial charge on any atom is 0.0640 e. The molecule has 1 aromatic rings. The van der Waals surface area contributed by atoms with Gasteiger partial charge in [0.1, 0.15) is 0 Å². The Morgan fingerprint density at radius 1 is 1.33 bits per heavy atom. The van der Waals surface area contributed by atoms with Gasteiger partial charge in [-0.1, -0.05) is 62.0 Å². The summed E-state index contributed by atoms with van der Waals surface area (Å²) >= 11 is 12.5. The molecule has 2 rings (SSSR count). The first-order chi connectivity index (χ1) is 8.65. The Labute approximate surface area is 120 Å². The van der Waals surface area contributed by atoms with Crippen LogP contribution in [0.5, 0.6) is 0 Å². The number of hydrogen-bond acceptors (Lipinski definition) is 1. The zero-order valence-corrected chi connectivity index (χ0v) is 12.6. The standard InChI is InChI=1S/C15H21Cl2N/c1-3-18-15(11-7-4-6-10(11)2)12-8-5-9-13(16)14(12)17/h5,8-11,15,18H,3-4,6-7H2,1-2H3. The summed E-state index contributed by atoms with van der Waals surface area (Å²) in [7, 11) is 0. The zero-order valence-electron chi connectivity index (χ0n) is 11.0. The van der Waals surface area contributed by atoms with Gasteiger partial charge >= 0.3 is 0 Å². The second kappa shape index (κ2) is 6.27. The van der Waals surface area contributed by atoms with Crippen LogP contribution in [0.3, 0.4) is 0 Å². The van der Waals surface area contributed by atoms with Crippen molar-refractivity contribution in [2.45, 2.75) is 39.2 Å². The molecule has 1 fully saturated rings. The highest BCUT2D eigenvalue weighted by molar-refractivity contribution is 6.42. The van der Waals surface area contributed by atoms with Crippen LogP contribution in [0.1, 0.15) is 44.7 Å². The van der Waals surface area contributed by atoms with Crippen LogP contribution in [0, 0.1) is 11.8 Å². The first-order valence-electron chi connectivity index (χ1n) is 6.82. The molecule has 1 aliphatic rings. The Hall–Kier alpha value is -0.240. The van der Waals surface area contributed by atoms with Crippen molar-refractivity contribution in [2.75, 3.05) is 6.54 Å². The lowest BCUT2D eigenvalue weighted by molar-refractivity contribution is 0.306. The van der Waals surface area contributed by atoms with E-state index in [1.165, 1.54) is 19.3 Å². The summed E-state index contributed by atoms with van der Waals surface area (Å²) in [6.45, 7) is 5.45. The lowest BCUT2D eigenvalue weighted by Gasteiger charge is -2.29. The summed E-state index contributed by atoms with van der Waals surface area (Å²) in [6, 6.07) is 6.29. The van der Waals surface area contributed by atoms with Gasteiger partial charge in [-0.3, -0.25) is 0 Å². The van der Waals surface area contributed by atoms with Crippen molar-refractivity contribution in [2.24, 2.45) is 11.8 Å². The molecule has 1 nitrogen and oxygen atoms in total. The minimum absolute atomic E-state index is 0.332. The largest absolute Gasteiger partial charge is 0.310 e. The van der Waals surface area contributed by atoms with Crippen molar-refractivity contribution in [1.29, 1.82) is 0 Å². The van der Waals surface area contributed by atoms with E-state index in [-0.39, 0.29) is 0 Å². The maximum absolute atomic E-state index is 6.38. The Morgan fingerprint density at radius 3 is 2.72 bits per heavy atom. The van der Waals surface area contributed by atoms with Crippen LogP contribution in [-0.4, -0.2) is 6.54 Å². The Morgan fingerprint density at radius 2 is 2.11 bits per heavy atom. The fourth-order valence-electron chi connectivity index (χ4n) is 3.14. The van der Waals surface area contributed by atoms with Crippen LogP contribution >= 0.6 is 23.2 Å². The van der Waals surface area contributed by atoms with Crippen molar-refractivity contribution in [3.05, 3.63) is 33.8 Å². The maximum atomic E-state index is 6.38. The quantitative estimate of drug-likeness (QED) is 0.813. The fourth-order valence-corrected chi connectivity index (χ4v) is 3.57. The Bertz CT molecular complexity index is 405. The summed E-state index contributed by atoms with van der Waals surface area (Å²) in [4.78, 5) is 0. The average molecular weight is 286 g/mol. The lowest BCUT2D eigenvalue weighted by Crippen LogP contribution is -2.29. The second-order valence-electron chi connectivity index (χ2n) is 5.25. The second-order valence-corrected chi connectivity index (χ2v) is 6.04. The molecule has 1 aromatic carbocycles. The van der Waals surface area contributed by atoms with Gasteiger partial charge in [0.05, 0.1) is 10.0 Å². The van der Waals surface area contributed by atoms with E-state index >= 15 is 0 Å². The molecule has 0 spiro atoms. The highest BCUT2D eigenvalue weighted by Crippen LogP contribution is 2.42. The van der Waals surface area contributed by atoms with Gasteiger partial charge in [-0.2, -0.15) is 0 Å². The topological polar surface area (TPSA) is 12.0 Å². The molecule has 1 saturated carbocycles. The smallest absolute Gasteiger partial charge is 0.0640 e.